The molecule has 0 aliphatic carbocycles. The number of amides is 4. The molecule has 3 fully saturated rings. The van der Waals surface area contributed by atoms with Crippen LogP contribution in [0, 0.1) is 0 Å². The third-order valence-corrected chi connectivity index (χ3v) is 7.80. The lowest BCUT2D eigenvalue weighted by atomic mass is 10.1. The maximum absolute atomic E-state index is 13.4. The molecule has 3 atom stereocenters. The zero-order valence-corrected chi connectivity index (χ0v) is 23.6. The van der Waals surface area contributed by atoms with Gasteiger partial charge in [0.1, 0.15) is 12.6 Å². The van der Waals surface area contributed by atoms with Crippen LogP contribution in [0.1, 0.15) is 19.3 Å². The molecule has 4 amide bonds. The Labute approximate surface area is 244 Å². The molecule has 0 spiro atoms. The zero-order valence-electron chi connectivity index (χ0n) is 22.8. The van der Waals surface area contributed by atoms with Crippen molar-refractivity contribution >= 4 is 46.5 Å². The topological polar surface area (TPSA) is 124 Å². The SMILES string of the molecule is O=C(Nc1ccc(N2CCOCC2=O)cc1)[C@H]1C[C@@H](OCC(O)CN2CCCC2)CN1C(=O)Nc1ccc(Cl)cc1. The van der Waals surface area contributed by atoms with Gasteiger partial charge in [-0.3, -0.25) is 9.59 Å². The molecule has 41 heavy (non-hydrogen) atoms. The highest BCUT2D eigenvalue weighted by atomic mass is 35.5. The molecule has 0 aromatic heterocycles. The number of halogens is 1. The van der Waals surface area contributed by atoms with Crippen molar-refractivity contribution in [2.45, 2.75) is 37.5 Å². The summed E-state index contributed by atoms with van der Waals surface area (Å²) in [4.78, 5) is 44.2. The Morgan fingerprint density at radius 1 is 1.02 bits per heavy atom. The van der Waals surface area contributed by atoms with Crippen molar-refractivity contribution < 1.29 is 29.0 Å². The molecule has 0 saturated carbocycles. The van der Waals surface area contributed by atoms with E-state index in [1.165, 1.54) is 4.90 Å². The molecule has 5 rings (SSSR count). The molecule has 220 valence electrons. The minimum Gasteiger partial charge on any atom is -0.389 e. The molecular weight excluding hydrogens is 550 g/mol. The average molecular weight is 586 g/mol. The second kappa shape index (κ2) is 13.6. The molecule has 0 radical (unpaired) electrons. The van der Waals surface area contributed by atoms with Gasteiger partial charge in [0.25, 0.3) is 5.91 Å². The molecule has 2 aromatic carbocycles. The van der Waals surface area contributed by atoms with Gasteiger partial charge >= 0.3 is 6.03 Å². The molecular formula is C29H36ClN5O6. The Kier molecular flexibility index (Phi) is 9.73. The lowest BCUT2D eigenvalue weighted by Crippen LogP contribution is -2.45. The molecule has 1 unspecified atom stereocenters. The number of hydrogen-bond acceptors (Lipinski definition) is 7. The first kappa shape index (κ1) is 29.3. The number of urea groups is 1. The standard InChI is InChI=1S/C29H36ClN5O6/c30-20-3-5-22(6-4-20)32-29(39)35-17-25(41-18-24(36)16-33-11-1-2-12-33)15-26(35)28(38)31-21-7-9-23(10-8-21)34-13-14-40-19-27(34)37/h3-10,24-26,36H,1-2,11-19H2,(H,31,38)(H,32,39)/t24?,25-,26-/m1/s1. The smallest absolute Gasteiger partial charge is 0.322 e. The van der Waals surface area contributed by atoms with E-state index < -0.39 is 24.3 Å². The molecule has 3 saturated heterocycles. The summed E-state index contributed by atoms with van der Waals surface area (Å²) in [7, 11) is 0. The van der Waals surface area contributed by atoms with Crippen molar-refractivity contribution in [3.63, 3.8) is 0 Å². The van der Waals surface area contributed by atoms with Gasteiger partial charge < -0.3 is 39.9 Å². The number of nitrogens with one attached hydrogen (secondary N) is 2. The van der Waals surface area contributed by atoms with Crippen LogP contribution in [-0.4, -0.2) is 104 Å². The largest absolute Gasteiger partial charge is 0.389 e. The van der Waals surface area contributed by atoms with Crippen molar-refractivity contribution in [3.05, 3.63) is 53.6 Å². The van der Waals surface area contributed by atoms with Crippen molar-refractivity contribution in [2.75, 3.05) is 68.1 Å². The second-order valence-electron chi connectivity index (χ2n) is 10.6. The van der Waals surface area contributed by atoms with E-state index >= 15 is 0 Å². The van der Waals surface area contributed by atoms with E-state index in [-0.39, 0.29) is 38.0 Å². The van der Waals surface area contributed by atoms with Gasteiger partial charge in [-0.05, 0) is 74.5 Å². The van der Waals surface area contributed by atoms with Gasteiger partial charge in [-0.15, -0.1) is 0 Å². The summed E-state index contributed by atoms with van der Waals surface area (Å²) >= 11 is 5.97. The van der Waals surface area contributed by atoms with Gasteiger partial charge in [0.05, 0.1) is 25.4 Å². The zero-order chi connectivity index (χ0) is 28.8. The van der Waals surface area contributed by atoms with Crippen molar-refractivity contribution in [3.8, 4) is 0 Å². The van der Waals surface area contributed by atoms with Gasteiger partial charge in [0.2, 0.25) is 5.91 Å². The Morgan fingerprint density at radius 2 is 1.71 bits per heavy atom. The summed E-state index contributed by atoms with van der Waals surface area (Å²) in [5.41, 5.74) is 1.82. The lowest BCUT2D eigenvalue weighted by Gasteiger charge is -2.27. The van der Waals surface area contributed by atoms with Gasteiger partial charge in [-0.1, -0.05) is 11.6 Å². The highest BCUT2D eigenvalue weighted by Gasteiger charge is 2.40. The number of morpholine rings is 1. The normalized spacial score (nSPS) is 22.1. The van der Waals surface area contributed by atoms with Crippen LogP contribution in [-0.2, 0) is 19.1 Å². The summed E-state index contributed by atoms with van der Waals surface area (Å²) in [6, 6.07) is 12.5. The molecule has 3 N–H and O–H groups in total. The predicted molar refractivity (Wildman–Crippen MR) is 155 cm³/mol. The van der Waals surface area contributed by atoms with Crippen LogP contribution in [0.3, 0.4) is 0 Å². The van der Waals surface area contributed by atoms with Crippen molar-refractivity contribution in [1.29, 1.82) is 0 Å². The number of nitrogens with zero attached hydrogens (tertiary/aromatic N) is 3. The van der Waals surface area contributed by atoms with Crippen LogP contribution < -0.4 is 15.5 Å². The van der Waals surface area contributed by atoms with E-state index in [1.54, 1.807) is 53.4 Å². The Balaban J connectivity index is 1.23. The Hall–Kier alpha value is -3.22. The average Bonchev–Trinajstić information content (AvgIpc) is 3.64. The van der Waals surface area contributed by atoms with Crippen LogP contribution in [0.5, 0.6) is 0 Å². The summed E-state index contributed by atoms with van der Waals surface area (Å²) < 4.78 is 11.2. The lowest BCUT2D eigenvalue weighted by molar-refractivity contribution is -0.125. The number of anilines is 3. The van der Waals surface area contributed by atoms with E-state index in [4.69, 9.17) is 21.1 Å². The van der Waals surface area contributed by atoms with E-state index in [0.717, 1.165) is 31.6 Å². The number of aliphatic hydroxyl groups is 1. The molecule has 0 bridgehead atoms. The number of carbonyl (C=O) groups is 3. The number of carbonyl (C=O) groups excluding carboxylic acids is 3. The van der Waals surface area contributed by atoms with Crippen LogP contribution in [0.25, 0.3) is 0 Å². The molecule has 3 aliphatic heterocycles. The summed E-state index contributed by atoms with van der Waals surface area (Å²) in [6.45, 7) is 3.82. The number of ether oxygens (including phenoxy) is 2. The third kappa shape index (κ3) is 7.75. The maximum atomic E-state index is 13.4. The predicted octanol–water partition coefficient (Wildman–Crippen LogP) is 2.79. The van der Waals surface area contributed by atoms with E-state index in [9.17, 15) is 19.5 Å². The van der Waals surface area contributed by atoms with Crippen LogP contribution in [0.15, 0.2) is 48.5 Å². The molecule has 2 aromatic rings. The quantitative estimate of drug-likeness (QED) is 0.413. The number of benzene rings is 2. The number of rotatable bonds is 9. The second-order valence-corrected chi connectivity index (χ2v) is 11.0. The molecule has 3 heterocycles. The molecule has 3 aliphatic rings. The molecule has 11 nitrogen and oxygen atoms in total. The van der Waals surface area contributed by atoms with Crippen LogP contribution in [0.2, 0.25) is 5.02 Å². The first-order chi connectivity index (χ1) is 19.9. The highest BCUT2D eigenvalue weighted by molar-refractivity contribution is 6.30. The fraction of sp³-hybridized carbons (Fsp3) is 0.483. The first-order valence-corrected chi connectivity index (χ1v) is 14.4. The van der Waals surface area contributed by atoms with Crippen molar-refractivity contribution in [1.82, 2.24) is 9.80 Å². The van der Waals surface area contributed by atoms with Gasteiger partial charge in [-0.2, -0.15) is 0 Å². The van der Waals surface area contributed by atoms with E-state index in [0.29, 0.717) is 36.1 Å². The highest BCUT2D eigenvalue weighted by Crippen LogP contribution is 2.25. The van der Waals surface area contributed by atoms with E-state index in [2.05, 4.69) is 15.5 Å². The number of hydrogen-bond donors (Lipinski definition) is 3. The number of β-amino-alcohol motifs (C(OH)–C–C–N with tert-alkyl or cyclic N) is 1. The van der Waals surface area contributed by atoms with Crippen LogP contribution >= 0.6 is 11.6 Å². The van der Waals surface area contributed by atoms with E-state index in [1.807, 2.05) is 0 Å². The Bertz CT molecular complexity index is 1210. The maximum Gasteiger partial charge on any atom is 0.322 e. The monoisotopic (exact) mass is 585 g/mol. The minimum atomic E-state index is -0.788. The fourth-order valence-electron chi connectivity index (χ4n) is 5.42. The Morgan fingerprint density at radius 3 is 2.41 bits per heavy atom. The number of aliphatic hydroxyl groups excluding tert-OH is 1. The summed E-state index contributed by atoms with van der Waals surface area (Å²) in [5.74, 6) is -0.465. The first-order valence-electron chi connectivity index (χ1n) is 14.0. The van der Waals surface area contributed by atoms with Gasteiger partial charge in [0, 0.05) is 48.1 Å². The van der Waals surface area contributed by atoms with Gasteiger partial charge in [0.15, 0.2) is 0 Å². The fourth-order valence-corrected chi connectivity index (χ4v) is 5.55. The number of likely N-dealkylation sites (tertiary alicyclic amines) is 2. The summed E-state index contributed by atoms with van der Waals surface area (Å²) in [6.07, 6.45) is 1.51. The summed E-state index contributed by atoms with van der Waals surface area (Å²) in [5, 5.41) is 16.8. The third-order valence-electron chi connectivity index (χ3n) is 7.55. The van der Waals surface area contributed by atoms with Crippen molar-refractivity contribution in [2.24, 2.45) is 0 Å². The van der Waals surface area contributed by atoms with Gasteiger partial charge in [-0.25, -0.2) is 4.79 Å². The van der Waals surface area contributed by atoms with Crippen LogP contribution in [0.4, 0.5) is 21.9 Å². The minimum absolute atomic E-state index is 0.0482. The molecule has 12 heteroatoms.